The summed E-state index contributed by atoms with van der Waals surface area (Å²) in [6.45, 7) is 2.02. The molecule has 4 rings (SSSR count). The van der Waals surface area contributed by atoms with Crippen LogP contribution in [0.2, 0.25) is 0 Å². The first-order chi connectivity index (χ1) is 17.5. The summed E-state index contributed by atoms with van der Waals surface area (Å²) >= 11 is 4.58. The van der Waals surface area contributed by atoms with Gasteiger partial charge in [0.1, 0.15) is 4.21 Å². The number of benzene rings is 1. The van der Waals surface area contributed by atoms with Crippen LogP contribution in [0.4, 0.5) is 0 Å². The van der Waals surface area contributed by atoms with Crippen LogP contribution in [0.5, 0.6) is 0 Å². The molecule has 0 aliphatic carbocycles. The summed E-state index contributed by atoms with van der Waals surface area (Å²) < 4.78 is 28.4. The van der Waals surface area contributed by atoms with Crippen LogP contribution in [0.25, 0.3) is 0 Å². The maximum absolute atomic E-state index is 13.2. The molecule has 3 heterocycles. The average Bonchev–Trinajstić information content (AvgIpc) is 3.67. The molecule has 5 nitrogen and oxygen atoms in total. The van der Waals surface area contributed by atoms with Gasteiger partial charge in [0.25, 0.3) is 10.0 Å². The molecule has 4 aromatic rings. The third-order valence-electron chi connectivity index (χ3n) is 5.80. The maximum atomic E-state index is 13.2. The van der Waals surface area contributed by atoms with Crippen molar-refractivity contribution in [2.45, 2.75) is 49.5 Å². The van der Waals surface area contributed by atoms with Crippen molar-refractivity contribution < 1.29 is 13.2 Å². The molecular formula is C27H30N2O3S4. The van der Waals surface area contributed by atoms with Crippen molar-refractivity contribution in [1.82, 2.24) is 9.21 Å². The summed E-state index contributed by atoms with van der Waals surface area (Å²) in [6, 6.07) is 21.3. The van der Waals surface area contributed by atoms with Crippen molar-refractivity contribution in [3.05, 3.63) is 98.2 Å². The van der Waals surface area contributed by atoms with Crippen molar-refractivity contribution in [3.8, 4) is 0 Å². The van der Waals surface area contributed by atoms with Crippen LogP contribution < -0.4 is 0 Å². The van der Waals surface area contributed by atoms with Crippen LogP contribution in [-0.2, 0) is 34.5 Å². The van der Waals surface area contributed by atoms with Gasteiger partial charge < -0.3 is 4.90 Å². The minimum absolute atomic E-state index is 0.143. The van der Waals surface area contributed by atoms with E-state index >= 15 is 0 Å². The van der Waals surface area contributed by atoms with Crippen molar-refractivity contribution in [2.75, 3.05) is 6.54 Å². The number of carbonyl (C=O) groups excluding carboxylic acids is 1. The fourth-order valence-corrected chi connectivity index (χ4v) is 7.97. The molecule has 0 saturated heterocycles. The highest BCUT2D eigenvalue weighted by atomic mass is 32.2. The average molecular weight is 559 g/mol. The number of unbranched alkanes of at least 4 members (excludes halogenated alkanes) is 2. The van der Waals surface area contributed by atoms with E-state index in [1.807, 2.05) is 58.1 Å². The number of sulfonamides is 1. The predicted octanol–water partition coefficient (Wildman–Crippen LogP) is 6.85. The molecule has 0 aliphatic rings. The summed E-state index contributed by atoms with van der Waals surface area (Å²) in [5.41, 5.74) is 0.964. The van der Waals surface area contributed by atoms with E-state index in [1.54, 1.807) is 44.5 Å². The van der Waals surface area contributed by atoms with Gasteiger partial charge in [0, 0.05) is 29.3 Å². The molecule has 0 saturated carbocycles. The zero-order valence-corrected chi connectivity index (χ0v) is 23.3. The van der Waals surface area contributed by atoms with Gasteiger partial charge in [-0.2, -0.15) is 4.31 Å². The molecule has 0 spiro atoms. The first kappa shape index (κ1) is 26.8. The number of carbonyl (C=O) groups is 1. The highest BCUT2D eigenvalue weighted by Crippen LogP contribution is 2.24. The molecule has 1 aromatic carbocycles. The second kappa shape index (κ2) is 13.3. The molecular weight excluding hydrogens is 529 g/mol. The predicted molar refractivity (Wildman–Crippen MR) is 150 cm³/mol. The Hall–Kier alpha value is -2.30. The lowest BCUT2D eigenvalue weighted by Crippen LogP contribution is -2.31. The lowest BCUT2D eigenvalue weighted by molar-refractivity contribution is -0.132. The number of nitrogens with zero attached hydrogens (tertiary/aromatic N) is 2. The second-order valence-electron chi connectivity index (χ2n) is 8.48. The van der Waals surface area contributed by atoms with E-state index in [0.717, 1.165) is 18.4 Å². The summed E-state index contributed by atoms with van der Waals surface area (Å²) in [4.78, 5) is 17.4. The van der Waals surface area contributed by atoms with E-state index in [0.29, 0.717) is 43.2 Å². The minimum atomic E-state index is -3.55. The Balaban J connectivity index is 1.31. The van der Waals surface area contributed by atoms with Gasteiger partial charge in [-0.05, 0) is 52.7 Å². The van der Waals surface area contributed by atoms with Crippen LogP contribution in [0, 0.1) is 0 Å². The van der Waals surface area contributed by atoms with E-state index in [2.05, 4.69) is 12.1 Å². The van der Waals surface area contributed by atoms with Gasteiger partial charge in [0.2, 0.25) is 5.91 Å². The Bertz CT molecular complexity index is 1230. The van der Waals surface area contributed by atoms with E-state index in [1.165, 1.54) is 21.1 Å². The highest BCUT2D eigenvalue weighted by Gasteiger charge is 2.25. The van der Waals surface area contributed by atoms with Crippen molar-refractivity contribution in [1.29, 1.82) is 0 Å². The fourth-order valence-electron chi connectivity index (χ4n) is 3.92. The lowest BCUT2D eigenvalue weighted by Gasteiger charge is -2.23. The van der Waals surface area contributed by atoms with Crippen LogP contribution >= 0.6 is 34.0 Å². The molecule has 3 aromatic heterocycles. The van der Waals surface area contributed by atoms with E-state index in [4.69, 9.17) is 0 Å². The van der Waals surface area contributed by atoms with Gasteiger partial charge in [-0.25, -0.2) is 8.42 Å². The molecule has 0 bridgehead atoms. The lowest BCUT2D eigenvalue weighted by atomic mass is 10.1. The second-order valence-corrected chi connectivity index (χ2v) is 13.7. The van der Waals surface area contributed by atoms with Gasteiger partial charge in [0.15, 0.2) is 0 Å². The third kappa shape index (κ3) is 7.60. The van der Waals surface area contributed by atoms with Crippen LogP contribution in [0.3, 0.4) is 0 Å². The van der Waals surface area contributed by atoms with Crippen LogP contribution in [0.15, 0.2) is 87.1 Å². The van der Waals surface area contributed by atoms with Crippen molar-refractivity contribution in [3.63, 3.8) is 0 Å². The molecule has 0 atom stereocenters. The molecule has 36 heavy (non-hydrogen) atoms. The molecule has 190 valence electrons. The van der Waals surface area contributed by atoms with Gasteiger partial charge in [-0.3, -0.25) is 4.79 Å². The van der Waals surface area contributed by atoms with Crippen molar-refractivity contribution in [2.24, 2.45) is 0 Å². The Labute approximate surface area is 225 Å². The number of hydrogen-bond acceptors (Lipinski definition) is 6. The monoisotopic (exact) mass is 558 g/mol. The van der Waals surface area contributed by atoms with E-state index in [-0.39, 0.29) is 5.91 Å². The first-order valence-electron chi connectivity index (χ1n) is 11.9. The normalized spacial score (nSPS) is 11.7. The molecule has 9 heteroatoms. The summed E-state index contributed by atoms with van der Waals surface area (Å²) in [6.07, 6.45) is 2.71. The van der Waals surface area contributed by atoms with Crippen LogP contribution in [-0.4, -0.2) is 30.1 Å². The molecule has 0 fully saturated rings. The smallest absolute Gasteiger partial charge is 0.252 e. The summed E-state index contributed by atoms with van der Waals surface area (Å²) in [5.74, 6) is 0.143. The quantitative estimate of drug-likeness (QED) is 0.159. The Kier molecular flexibility index (Phi) is 9.89. The Morgan fingerprint density at radius 3 is 1.92 bits per heavy atom. The topological polar surface area (TPSA) is 57.7 Å². The fraction of sp³-hybridized carbons (Fsp3) is 0.296. The van der Waals surface area contributed by atoms with Crippen LogP contribution in [0.1, 0.15) is 41.0 Å². The van der Waals surface area contributed by atoms with Gasteiger partial charge in [-0.1, -0.05) is 55.0 Å². The van der Waals surface area contributed by atoms with E-state index in [9.17, 15) is 13.2 Å². The molecule has 0 N–H and O–H groups in total. The zero-order valence-electron chi connectivity index (χ0n) is 20.0. The maximum Gasteiger partial charge on any atom is 0.252 e. The minimum Gasteiger partial charge on any atom is -0.332 e. The largest absolute Gasteiger partial charge is 0.332 e. The molecule has 0 aliphatic heterocycles. The molecule has 0 radical (unpaired) electrons. The number of hydrogen-bond donors (Lipinski definition) is 0. The highest BCUT2D eigenvalue weighted by molar-refractivity contribution is 7.91. The summed E-state index contributed by atoms with van der Waals surface area (Å²) in [5, 5.41) is 5.86. The zero-order chi connectivity index (χ0) is 25.2. The third-order valence-corrected chi connectivity index (χ3v) is 10.7. The standard InChI is InChI=1S/C27H30N2O3S4/c30-26(28(21-24-12-7-17-33-24)22-25-13-8-18-34-25)14-5-2-6-16-29(20-23-10-3-1-4-11-23)36(31,32)27-15-9-19-35-27/h1,3-4,7-13,15,17-19H,2,5-6,14,16,20-22H2. The van der Waals surface area contributed by atoms with Gasteiger partial charge in [-0.15, -0.1) is 34.0 Å². The van der Waals surface area contributed by atoms with Gasteiger partial charge >= 0.3 is 0 Å². The Morgan fingerprint density at radius 1 is 0.694 bits per heavy atom. The number of amides is 1. The number of rotatable bonds is 14. The molecule has 1 amide bonds. The number of thiophene rings is 3. The molecule has 0 unspecified atom stereocenters. The van der Waals surface area contributed by atoms with E-state index < -0.39 is 10.0 Å². The Morgan fingerprint density at radius 2 is 1.33 bits per heavy atom. The first-order valence-corrected chi connectivity index (χ1v) is 16.0. The van der Waals surface area contributed by atoms with Gasteiger partial charge in [0.05, 0.1) is 13.1 Å². The SMILES string of the molecule is O=C(CCCCCN(Cc1ccccc1)S(=O)(=O)c1cccs1)N(Cc1cccs1)Cc1cccs1. The van der Waals surface area contributed by atoms with Crippen molar-refractivity contribution >= 4 is 49.9 Å². The summed E-state index contributed by atoms with van der Waals surface area (Å²) in [7, 11) is -3.55.